The average Bonchev–Trinajstić information content (AvgIpc) is 3.02. The van der Waals surface area contributed by atoms with Gasteiger partial charge in [0.15, 0.2) is 0 Å². The molecule has 0 radical (unpaired) electrons. The Hall–Kier alpha value is -3.28. The highest BCUT2D eigenvalue weighted by Gasteiger charge is 2.12. The van der Waals surface area contributed by atoms with Crippen LogP contribution < -0.4 is 9.47 Å². The van der Waals surface area contributed by atoms with E-state index in [-0.39, 0.29) is 6.61 Å². The van der Waals surface area contributed by atoms with Gasteiger partial charge in [0.1, 0.15) is 30.5 Å². The smallest absolute Gasteiger partial charge is 0.338 e. The van der Waals surface area contributed by atoms with Crippen molar-refractivity contribution in [1.82, 2.24) is 5.16 Å². The molecule has 0 bridgehead atoms. The Labute approximate surface area is 157 Å². The van der Waals surface area contributed by atoms with E-state index in [4.69, 9.17) is 18.7 Å². The molecular formula is C21H21NO5. The topological polar surface area (TPSA) is 70.8 Å². The molecule has 2 aromatic carbocycles. The fourth-order valence-electron chi connectivity index (χ4n) is 2.60. The van der Waals surface area contributed by atoms with E-state index in [0.29, 0.717) is 23.7 Å². The molecule has 27 heavy (non-hydrogen) atoms. The van der Waals surface area contributed by atoms with E-state index in [1.54, 1.807) is 31.4 Å². The number of ether oxygens (including phenoxy) is 3. The van der Waals surface area contributed by atoms with Crippen LogP contribution in [0.4, 0.5) is 0 Å². The number of esters is 1. The number of methoxy groups -OCH3 is 1. The highest BCUT2D eigenvalue weighted by molar-refractivity contribution is 5.89. The van der Waals surface area contributed by atoms with Crippen LogP contribution in [-0.4, -0.2) is 18.2 Å². The first-order chi connectivity index (χ1) is 13.1. The molecule has 0 aliphatic heterocycles. The van der Waals surface area contributed by atoms with Gasteiger partial charge in [-0.2, -0.15) is 0 Å². The van der Waals surface area contributed by atoms with Crippen LogP contribution in [0.25, 0.3) is 0 Å². The van der Waals surface area contributed by atoms with E-state index in [2.05, 4.69) is 5.16 Å². The molecule has 6 heteroatoms. The van der Waals surface area contributed by atoms with Gasteiger partial charge in [0, 0.05) is 5.56 Å². The number of aromatic nitrogens is 1. The molecular weight excluding hydrogens is 346 g/mol. The number of hydrogen-bond donors (Lipinski definition) is 0. The first kappa shape index (κ1) is 18.5. The number of carbonyl (C=O) groups excluding carboxylic acids is 1. The molecule has 0 fully saturated rings. The van der Waals surface area contributed by atoms with E-state index in [9.17, 15) is 4.79 Å². The highest BCUT2D eigenvalue weighted by Crippen LogP contribution is 2.20. The van der Waals surface area contributed by atoms with E-state index in [1.165, 1.54) is 0 Å². The summed E-state index contributed by atoms with van der Waals surface area (Å²) in [6.45, 7) is 4.22. The van der Waals surface area contributed by atoms with Crippen LogP contribution in [-0.2, 0) is 18.0 Å². The van der Waals surface area contributed by atoms with Gasteiger partial charge in [0.05, 0.1) is 23.9 Å². The molecule has 140 valence electrons. The van der Waals surface area contributed by atoms with Gasteiger partial charge in [-0.1, -0.05) is 23.4 Å². The first-order valence-electron chi connectivity index (χ1n) is 8.52. The van der Waals surface area contributed by atoms with Gasteiger partial charge >= 0.3 is 5.97 Å². The van der Waals surface area contributed by atoms with Crippen LogP contribution in [0.1, 0.15) is 32.9 Å². The Balaban J connectivity index is 1.57. The molecule has 1 aromatic heterocycles. The second-order valence-electron chi connectivity index (χ2n) is 6.00. The standard InChI is InChI=1S/C21H21NO5/c1-14-19(15(2)27-22-14)13-25-18-10-8-16(9-11-18)21(23)26-12-17-6-4-5-7-20(17)24-3/h4-11H,12-13H2,1-3H3. The normalized spacial score (nSPS) is 10.5. The van der Waals surface area contributed by atoms with E-state index in [0.717, 1.165) is 22.6 Å². The molecule has 0 saturated heterocycles. The number of hydrogen-bond acceptors (Lipinski definition) is 6. The maximum Gasteiger partial charge on any atom is 0.338 e. The van der Waals surface area contributed by atoms with Crippen molar-refractivity contribution in [2.45, 2.75) is 27.1 Å². The lowest BCUT2D eigenvalue weighted by atomic mass is 10.2. The summed E-state index contributed by atoms with van der Waals surface area (Å²) in [6.07, 6.45) is 0. The fraction of sp³-hybridized carbons (Fsp3) is 0.238. The summed E-state index contributed by atoms with van der Waals surface area (Å²) >= 11 is 0. The van der Waals surface area contributed by atoms with Crippen LogP contribution in [0, 0.1) is 13.8 Å². The summed E-state index contributed by atoms with van der Waals surface area (Å²) in [6, 6.07) is 14.2. The molecule has 0 aliphatic carbocycles. The molecule has 1 heterocycles. The molecule has 0 amide bonds. The van der Waals surface area contributed by atoms with E-state index < -0.39 is 5.97 Å². The first-order valence-corrected chi connectivity index (χ1v) is 8.52. The zero-order chi connectivity index (χ0) is 19.2. The minimum atomic E-state index is -0.404. The predicted molar refractivity (Wildman–Crippen MR) is 98.9 cm³/mol. The van der Waals surface area contributed by atoms with E-state index >= 15 is 0 Å². The van der Waals surface area contributed by atoms with Gasteiger partial charge < -0.3 is 18.7 Å². The van der Waals surface area contributed by atoms with Crippen LogP contribution >= 0.6 is 0 Å². The summed E-state index contributed by atoms with van der Waals surface area (Å²) in [5, 5.41) is 3.90. The quantitative estimate of drug-likeness (QED) is 0.582. The van der Waals surface area contributed by atoms with Crippen LogP contribution in [0.5, 0.6) is 11.5 Å². The largest absolute Gasteiger partial charge is 0.496 e. The molecule has 0 unspecified atom stereocenters. The van der Waals surface area contributed by atoms with Crippen molar-refractivity contribution < 1.29 is 23.5 Å². The lowest BCUT2D eigenvalue weighted by Crippen LogP contribution is -2.06. The van der Waals surface area contributed by atoms with Crippen LogP contribution in [0.2, 0.25) is 0 Å². The zero-order valence-electron chi connectivity index (χ0n) is 15.5. The van der Waals surface area contributed by atoms with Crippen molar-refractivity contribution in [1.29, 1.82) is 0 Å². The van der Waals surface area contributed by atoms with Crippen molar-refractivity contribution in [3.63, 3.8) is 0 Å². The third kappa shape index (κ3) is 4.47. The molecule has 3 aromatic rings. The Kier molecular flexibility index (Phi) is 5.76. The second kappa shape index (κ2) is 8.40. The monoisotopic (exact) mass is 367 g/mol. The lowest BCUT2D eigenvalue weighted by Gasteiger charge is -2.10. The van der Waals surface area contributed by atoms with Gasteiger partial charge in [0.25, 0.3) is 0 Å². The van der Waals surface area contributed by atoms with Crippen molar-refractivity contribution in [3.05, 3.63) is 76.7 Å². The van der Waals surface area contributed by atoms with Crippen molar-refractivity contribution >= 4 is 5.97 Å². The molecule has 0 atom stereocenters. The fourth-order valence-corrected chi connectivity index (χ4v) is 2.60. The van der Waals surface area contributed by atoms with E-state index in [1.807, 2.05) is 38.1 Å². The Morgan fingerprint density at radius 3 is 2.44 bits per heavy atom. The minimum Gasteiger partial charge on any atom is -0.496 e. The number of rotatable bonds is 7. The van der Waals surface area contributed by atoms with Gasteiger partial charge in [0.2, 0.25) is 0 Å². The predicted octanol–water partition coefficient (Wildman–Crippen LogP) is 4.24. The minimum absolute atomic E-state index is 0.146. The SMILES string of the molecule is COc1ccccc1COC(=O)c1ccc(OCc2c(C)noc2C)cc1. The summed E-state index contributed by atoms with van der Waals surface area (Å²) < 4.78 is 21.5. The van der Waals surface area contributed by atoms with Gasteiger partial charge in [-0.15, -0.1) is 0 Å². The number of para-hydroxylation sites is 1. The molecule has 0 N–H and O–H groups in total. The third-order valence-corrected chi connectivity index (χ3v) is 4.21. The summed E-state index contributed by atoms with van der Waals surface area (Å²) in [5.41, 5.74) is 3.00. The number of aryl methyl sites for hydroxylation is 2. The maximum atomic E-state index is 12.2. The highest BCUT2D eigenvalue weighted by atomic mass is 16.5. The Morgan fingerprint density at radius 1 is 1.04 bits per heavy atom. The van der Waals surface area contributed by atoms with Crippen LogP contribution in [0.3, 0.4) is 0 Å². The van der Waals surface area contributed by atoms with Crippen LogP contribution in [0.15, 0.2) is 53.1 Å². The lowest BCUT2D eigenvalue weighted by molar-refractivity contribution is 0.0470. The Bertz CT molecular complexity index is 895. The molecule has 0 saturated carbocycles. The summed E-state index contributed by atoms with van der Waals surface area (Å²) in [5.74, 6) is 1.67. The molecule has 6 nitrogen and oxygen atoms in total. The molecule has 3 rings (SSSR count). The average molecular weight is 367 g/mol. The number of benzene rings is 2. The van der Waals surface area contributed by atoms with Gasteiger partial charge in [-0.25, -0.2) is 4.79 Å². The van der Waals surface area contributed by atoms with Crippen molar-refractivity contribution in [2.24, 2.45) is 0 Å². The van der Waals surface area contributed by atoms with Gasteiger partial charge in [-0.05, 0) is 44.2 Å². The van der Waals surface area contributed by atoms with Crippen molar-refractivity contribution in [3.8, 4) is 11.5 Å². The van der Waals surface area contributed by atoms with Crippen molar-refractivity contribution in [2.75, 3.05) is 7.11 Å². The Morgan fingerprint density at radius 2 is 1.78 bits per heavy atom. The summed E-state index contributed by atoms with van der Waals surface area (Å²) in [4.78, 5) is 12.2. The third-order valence-electron chi connectivity index (χ3n) is 4.21. The number of nitrogens with zero attached hydrogens (tertiary/aromatic N) is 1. The maximum absolute atomic E-state index is 12.2. The molecule has 0 spiro atoms. The van der Waals surface area contributed by atoms with Gasteiger partial charge in [-0.3, -0.25) is 0 Å². The second-order valence-corrected chi connectivity index (χ2v) is 6.00. The molecule has 0 aliphatic rings. The number of carbonyl (C=O) groups is 1. The zero-order valence-corrected chi connectivity index (χ0v) is 15.5. The summed E-state index contributed by atoms with van der Waals surface area (Å²) in [7, 11) is 1.59.